The molecule has 1 fully saturated rings. The Morgan fingerprint density at radius 2 is 2.12 bits per heavy atom. The largest absolute Gasteiger partial charge is 0.376 e. The maximum Gasteiger partial charge on any atom is 0.159 e. The maximum absolute atomic E-state index is 12.9. The highest BCUT2D eigenvalue weighted by molar-refractivity contribution is 5.20. The van der Waals surface area contributed by atoms with E-state index in [2.05, 4.69) is 0 Å². The number of halogens is 2. The Morgan fingerprint density at radius 1 is 1.38 bits per heavy atom. The quantitative estimate of drug-likeness (QED) is 0.848. The van der Waals surface area contributed by atoms with E-state index in [1.807, 2.05) is 0 Å². The van der Waals surface area contributed by atoms with E-state index in [9.17, 15) is 8.78 Å². The molecule has 1 atom stereocenters. The van der Waals surface area contributed by atoms with Crippen LogP contribution in [-0.4, -0.2) is 25.9 Å². The molecular formula is C11H13F2NO2. The van der Waals surface area contributed by atoms with Gasteiger partial charge in [-0.15, -0.1) is 0 Å². The predicted octanol–water partition coefficient (Wildman–Crippen LogP) is 1.38. The fraction of sp³-hybridized carbons (Fsp3) is 0.455. The van der Waals surface area contributed by atoms with Gasteiger partial charge < -0.3 is 15.2 Å². The number of hydrogen-bond acceptors (Lipinski definition) is 3. The highest BCUT2D eigenvalue weighted by Crippen LogP contribution is 2.16. The molecule has 0 bridgehead atoms. The smallest absolute Gasteiger partial charge is 0.159 e. The second kappa shape index (κ2) is 4.86. The number of hydrogen-bond donors (Lipinski definition) is 1. The molecule has 1 aliphatic rings. The molecule has 0 aliphatic carbocycles. The van der Waals surface area contributed by atoms with E-state index in [4.69, 9.17) is 15.2 Å². The molecule has 1 aromatic carbocycles. The lowest BCUT2D eigenvalue weighted by Crippen LogP contribution is -2.37. The Morgan fingerprint density at radius 3 is 2.69 bits per heavy atom. The van der Waals surface area contributed by atoms with Crippen molar-refractivity contribution < 1.29 is 18.3 Å². The average molecular weight is 229 g/mol. The van der Waals surface area contributed by atoms with Crippen LogP contribution >= 0.6 is 0 Å². The van der Waals surface area contributed by atoms with E-state index >= 15 is 0 Å². The van der Waals surface area contributed by atoms with Crippen LogP contribution in [0, 0.1) is 11.6 Å². The Balaban J connectivity index is 1.91. The first kappa shape index (κ1) is 11.4. The summed E-state index contributed by atoms with van der Waals surface area (Å²) in [5.74, 6) is -1.76. The van der Waals surface area contributed by atoms with Gasteiger partial charge in [0, 0.05) is 0 Å². The van der Waals surface area contributed by atoms with Gasteiger partial charge in [-0.1, -0.05) is 6.07 Å². The van der Waals surface area contributed by atoms with E-state index in [1.54, 1.807) is 0 Å². The van der Waals surface area contributed by atoms with Crippen LogP contribution in [0.15, 0.2) is 18.2 Å². The lowest BCUT2D eigenvalue weighted by atomic mass is 10.1. The standard InChI is InChI=1S/C11H13F2NO2/c12-9-2-1-7(3-10(9)13)11(14)6-16-8-4-15-5-8/h1-3,8,11H,4-6,14H2. The summed E-state index contributed by atoms with van der Waals surface area (Å²) in [6.45, 7) is 1.42. The van der Waals surface area contributed by atoms with Crippen LogP contribution in [0.2, 0.25) is 0 Å². The van der Waals surface area contributed by atoms with Crippen LogP contribution in [0.5, 0.6) is 0 Å². The van der Waals surface area contributed by atoms with Gasteiger partial charge in [0.05, 0.1) is 25.9 Å². The van der Waals surface area contributed by atoms with E-state index in [-0.39, 0.29) is 12.7 Å². The molecule has 0 spiro atoms. The highest BCUT2D eigenvalue weighted by Gasteiger charge is 2.20. The monoisotopic (exact) mass is 229 g/mol. The third-order valence-corrected chi connectivity index (χ3v) is 2.49. The molecule has 1 unspecified atom stereocenters. The molecule has 88 valence electrons. The Bertz CT molecular complexity index is 369. The number of nitrogens with two attached hydrogens (primary N) is 1. The number of benzene rings is 1. The summed E-state index contributed by atoms with van der Waals surface area (Å²) < 4.78 is 35.9. The van der Waals surface area contributed by atoms with E-state index in [0.717, 1.165) is 12.1 Å². The van der Waals surface area contributed by atoms with E-state index in [1.165, 1.54) is 6.07 Å². The first-order valence-corrected chi connectivity index (χ1v) is 5.06. The van der Waals surface area contributed by atoms with Gasteiger partial charge in [-0.05, 0) is 17.7 Å². The molecule has 16 heavy (non-hydrogen) atoms. The lowest BCUT2D eigenvalue weighted by Gasteiger charge is -2.27. The number of ether oxygens (including phenoxy) is 2. The van der Waals surface area contributed by atoms with Crippen LogP contribution < -0.4 is 5.73 Å². The molecule has 0 radical (unpaired) electrons. The average Bonchev–Trinajstić information content (AvgIpc) is 2.19. The topological polar surface area (TPSA) is 44.5 Å². The third kappa shape index (κ3) is 2.55. The van der Waals surface area contributed by atoms with Crippen LogP contribution in [0.25, 0.3) is 0 Å². The van der Waals surface area contributed by atoms with E-state index < -0.39 is 17.7 Å². The fourth-order valence-corrected chi connectivity index (χ4v) is 1.39. The van der Waals surface area contributed by atoms with Crippen molar-refractivity contribution in [3.8, 4) is 0 Å². The van der Waals surface area contributed by atoms with Crippen molar-refractivity contribution in [3.05, 3.63) is 35.4 Å². The SMILES string of the molecule is NC(COC1COC1)c1ccc(F)c(F)c1. The van der Waals surface area contributed by atoms with Gasteiger partial charge in [-0.2, -0.15) is 0 Å². The zero-order valence-electron chi connectivity index (χ0n) is 8.66. The van der Waals surface area contributed by atoms with Crippen LogP contribution in [0.1, 0.15) is 11.6 Å². The summed E-state index contributed by atoms with van der Waals surface area (Å²) in [5, 5.41) is 0. The van der Waals surface area contributed by atoms with Crippen LogP contribution in [0.4, 0.5) is 8.78 Å². The lowest BCUT2D eigenvalue weighted by molar-refractivity contribution is -0.131. The van der Waals surface area contributed by atoms with Crippen molar-refractivity contribution in [1.82, 2.24) is 0 Å². The summed E-state index contributed by atoms with van der Waals surface area (Å²) in [6, 6.07) is 3.18. The molecule has 5 heteroatoms. The van der Waals surface area contributed by atoms with Crippen molar-refractivity contribution in [2.45, 2.75) is 12.1 Å². The molecule has 2 rings (SSSR count). The van der Waals surface area contributed by atoms with Crippen molar-refractivity contribution in [2.24, 2.45) is 5.73 Å². The molecule has 1 saturated heterocycles. The van der Waals surface area contributed by atoms with Crippen LogP contribution in [-0.2, 0) is 9.47 Å². The Hall–Kier alpha value is -1.04. The summed E-state index contributed by atoms with van der Waals surface area (Å²) in [7, 11) is 0. The van der Waals surface area contributed by atoms with Gasteiger partial charge in [0.1, 0.15) is 6.10 Å². The second-order valence-corrected chi connectivity index (χ2v) is 3.77. The van der Waals surface area contributed by atoms with E-state index in [0.29, 0.717) is 18.8 Å². The molecule has 1 aromatic rings. The Kier molecular flexibility index (Phi) is 3.48. The number of rotatable bonds is 4. The highest BCUT2D eigenvalue weighted by atomic mass is 19.2. The minimum Gasteiger partial charge on any atom is -0.376 e. The Labute approximate surface area is 92.1 Å². The van der Waals surface area contributed by atoms with Gasteiger partial charge in [0.25, 0.3) is 0 Å². The second-order valence-electron chi connectivity index (χ2n) is 3.77. The van der Waals surface area contributed by atoms with Gasteiger partial charge in [0.15, 0.2) is 11.6 Å². The zero-order chi connectivity index (χ0) is 11.5. The molecule has 0 saturated carbocycles. The molecule has 3 nitrogen and oxygen atoms in total. The molecule has 2 N–H and O–H groups in total. The van der Waals surface area contributed by atoms with Crippen molar-refractivity contribution in [1.29, 1.82) is 0 Å². The summed E-state index contributed by atoms with van der Waals surface area (Å²) in [4.78, 5) is 0. The minimum absolute atomic E-state index is 0.0799. The first-order valence-electron chi connectivity index (χ1n) is 5.06. The summed E-state index contributed by atoms with van der Waals surface area (Å²) >= 11 is 0. The first-order chi connectivity index (χ1) is 7.66. The van der Waals surface area contributed by atoms with Crippen LogP contribution in [0.3, 0.4) is 0 Å². The van der Waals surface area contributed by atoms with Gasteiger partial charge >= 0.3 is 0 Å². The molecule has 0 amide bonds. The summed E-state index contributed by atoms with van der Waals surface area (Å²) in [6.07, 6.45) is 0.0799. The third-order valence-electron chi connectivity index (χ3n) is 2.49. The van der Waals surface area contributed by atoms with Gasteiger partial charge in [0.2, 0.25) is 0 Å². The molecule has 1 heterocycles. The molecular weight excluding hydrogens is 216 g/mol. The molecule has 0 aromatic heterocycles. The minimum atomic E-state index is -0.889. The summed E-state index contributed by atoms with van der Waals surface area (Å²) in [5.41, 5.74) is 6.31. The van der Waals surface area contributed by atoms with Crippen molar-refractivity contribution in [3.63, 3.8) is 0 Å². The van der Waals surface area contributed by atoms with Gasteiger partial charge in [-0.25, -0.2) is 8.78 Å². The maximum atomic E-state index is 12.9. The molecule has 1 aliphatic heterocycles. The van der Waals surface area contributed by atoms with Crippen molar-refractivity contribution in [2.75, 3.05) is 19.8 Å². The fourth-order valence-electron chi connectivity index (χ4n) is 1.39. The predicted molar refractivity (Wildman–Crippen MR) is 53.8 cm³/mol. The normalized spacial score (nSPS) is 18.2. The zero-order valence-corrected chi connectivity index (χ0v) is 8.66. The van der Waals surface area contributed by atoms with Crippen molar-refractivity contribution >= 4 is 0 Å². The van der Waals surface area contributed by atoms with Gasteiger partial charge in [-0.3, -0.25) is 0 Å².